The summed E-state index contributed by atoms with van der Waals surface area (Å²) in [5, 5.41) is 10.1. The summed E-state index contributed by atoms with van der Waals surface area (Å²) >= 11 is 3.44. The molecular weight excluding hydrogens is 320 g/mol. The third-order valence-electron chi connectivity index (χ3n) is 4.06. The molecule has 20 heavy (non-hydrogen) atoms. The topological polar surface area (TPSA) is 45.5 Å². The van der Waals surface area contributed by atoms with Crippen molar-refractivity contribution in [3.8, 4) is 0 Å². The highest BCUT2D eigenvalue weighted by atomic mass is 79.9. The van der Waals surface area contributed by atoms with E-state index in [9.17, 15) is 9.90 Å². The zero-order valence-electron chi connectivity index (χ0n) is 12.2. The Morgan fingerprint density at radius 2 is 2.20 bits per heavy atom. The molecule has 1 heterocycles. The molecule has 1 N–H and O–H groups in total. The largest absolute Gasteiger partial charge is 0.391 e. The van der Waals surface area contributed by atoms with Crippen LogP contribution in [0.25, 0.3) is 0 Å². The maximum atomic E-state index is 12.7. The van der Waals surface area contributed by atoms with Crippen molar-refractivity contribution in [3.63, 3.8) is 0 Å². The number of aliphatic hydroxyl groups excluding tert-OH is 1. The predicted octanol–water partition coefficient (Wildman–Crippen LogP) is 3.04. The Kier molecular flexibility index (Phi) is 5.27. The molecule has 1 amide bonds. The fraction of sp³-hybridized carbons (Fsp3) is 0.667. The van der Waals surface area contributed by atoms with Crippen LogP contribution in [0.4, 0.5) is 0 Å². The molecule has 1 aromatic heterocycles. The van der Waals surface area contributed by atoms with E-state index in [1.807, 2.05) is 16.8 Å². The highest BCUT2D eigenvalue weighted by Crippen LogP contribution is 2.25. The summed E-state index contributed by atoms with van der Waals surface area (Å²) in [7, 11) is 1.80. The zero-order chi connectivity index (χ0) is 14.7. The molecule has 2 atom stereocenters. The third-order valence-corrected chi connectivity index (χ3v) is 4.49. The van der Waals surface area contributed by atoms with Crippen LogP contribution in [0.5, 0.6) is 0 Å². The quantitative estimate of drug-likeness (QED) is 0.913. The van der Waals surface area contributed by atoms with E-state index in [-0.39, 0.29) is 11.9 Å². The number of nitrogens with zero attached hydrogens (tertiary/aromatic N) is 2. The first-order valence-electron chi connectivity index (χ1n) is 7.35. The van der Waals surface area contributed by atoms with Gasteiger partial charge in [-0.25, -0.2) is 0 Å². The summed E-state index contributed by atoms with van der Waals surface area (Å²) in [5.74, 6) is -0.00454. The lowest BCUT2D eigenvalue weighted by molar-refractivity contribution is 0.0261. The second-order valence-electron chi connectivity index (χ2n) is 5.57. The molecule has 112 valence electrons. The molecule has 1 aliphatic carbocycles. The number of aryl methyl sites for hydroxylation is 1. The van der Waals surface area contributed by atoms with Crippen LogP contribution in [0.15, 0.2) is 16.7 Å². The highest BCUT2D eigenvalue weighted by molar-refractivity contribution is 9.10. The van der Waals surface area contributed by atoms with Crippen molar-refractivity contribution < 1.29 is 9.90 Å². The van der Waals surface area contributed by atoms with Gasteiger partial charge in [-0.05, 0) is 41.3 Å². The Morgan fingerprint density at radius 3 is 2.85 bits per heavy atom. The average molecular weight is 343 g/mol. The van der Waals surface area contributed by atoms with Crippen LogP contribution in [0, 0.1) is 0 Å². The third kappa shape index (κ3) is 3.26. The monoisotopic (exact) mass is 342 g/mol. The van der Waals surface area contributed by atoms with Crippen molar-refractivity contribution >= 4 is 21.8 Å². The Labute approximate surface area is 128 Å². The van der Waals surface area contributed by atoms with E-state index in [1.165, 1.54) is 0 Å². The lowest BCUT2D eigenvalue weighted by atomic mass is 9.91. The molecule has 2 rings (SSSR count). The molecule has 1 fully saturated rings. The molecule has 5 heteroatoms. The SMILES string of the molecule is CCCn1cc(Br)cc1C(=O)N(C)C1CCCCC1O. The van der Waals surface area contributed by atoms with E-state index in [0.29, 0.717) is 5.69 Å². The number of amides is 1. The van der Waals surface area contributed by atoms with Gasteiger partial charge in [0.05, 0.1) is 12.1 Å². The first-order valence-corrected chi connectivity index (χ1v) is 8.14. The average Bonchev–Trinajstić information content (AvgIpc) is 2.79. The second kappa shape index (κ2) is 6.76. The van der Waals surface area contributed by atoms with Crippen molar-refractivity contribution in [2.24, 2.45) is 0 Å². The van der Waals surface area contributed by atoms with Crippen LogP contribution in [0.2, 0.25) is 0 Å². The van der Waals surface area contributed by atoms with E-state index in [2.05, 4.69) is 22.9 Å². The fourth-order valence-corrected chi connectivity index (χ4v) is 3.42. The van der Waals surface area contributed by atoms with Gasteiger partial charge in [0.2, 0.25) is 0 Å². The normalized spacial score (nSPS) is 22.8. The van der Waals surface area contributed by atoms with Crippen molar-refractivity contribution in [1.29, 1.82) is 0 Å². The van der Waals surface area contributed by atoms with Crippen molar-refractivity contribution in [1.82, 2.24) is 9.47 Å². The molecule has 1 aliphatic rings. The Morgan fingerprint density at radius 1 is 1.50 bits per heavy atom. The van der Waals surface area contributed by atoms with Crippen LogP contribution in [0.1, 0.15) is 49.5 Å². The van der Waals surface area contributed by atoms with Gasteiger partial charge in [-0.1, -0.05) is 19.8 Å². The van der Waals surface area contributed by atoms with Gasteiger partial charge in [0.25, 0.3) is 5.91 Å². The maximum absolute atomic E-state index is 12.7. The van der Waals surface area contributed by atoms with E-state index >= 15 is 0 Å². The lowest BCUT2D eigenvalue weighted by Crippen LogP contribution is -2.46. The molecule has 0 spiro atoms. The van der Waals surface area contributed by atoms with E-state index in [0.717, 1.165) is 43.1 Å². The summed E-state index contributed by atoms with van der Waals surface area (Å²) in [6, 6.07) is 1.81. The predicted molar refractivity (Wildman–Crippen MR) is 82.8 cm³/mol. The van der Waals surface area contributed by atoms with E-state index in [4.69, 9.17) is 0 Å². The summed E-state index contributed by atoms with van der Waals surface area (Å²) in [5.41, 5.74) is 0.694. The summed E-state index contributed by atoms with van der Waals surface area (Å²) in [6.45, 7) is 2.92. The molecular formula is C15H23BrN2O2. The van der Waals surface area contributed by atoms with Gasteiger partial charge in [-0.15, -0.1) is 0 Å². The molecule has 1 aromatic rings. The van der Waals surface area contributed by atoms with Gasteiger partial charge in [0, 0.05) is 24.3 Å². The van der Waals surface area contributed by atoms with Crippen molar-refractivity contribution in [2.45, 2.75) is 57.7 Å². The van der Waals surface area contributed by atoms with Crippen LogP contribution < -0.4 is 0 Å². The van der Waals surface area contributed by atoms with Gasteiger partial charge >= 0.3 is 0 Å². The lowest BCUT2D eigenvalue weighted by Gasteiger charge is -2.35. The number of likely N-dealkylation sites (N-methyl/N-ethyl adjacent to an activating group) is 1. The van der Waals surface area contributed by atoms with Gasteiger partial charge < -0.3 is 14.6 Å². The second-order valence-corrected chi connectivity index (χ2v) is 6.49. The Hall–Kier alpha value is -0.810. The summed E-state index contributed by atoms with van der Waals surface area (Å²) in [4.78, 5) is 14.4. The number of aliphatic hydroxyl groups is 1. The van der Waals surface area contributed by atoms with E-state index in [1.54, 1.807) is 11.9 Å². The first-order chi connectivity index (χ1) is 9.54. The minimum atomic E-state index is -0.393. The number of carbonyl (C=O) groups excluding carboxylic acids is 1. The number of halogens is 1. The maximum Gasteiger partial charge on any atom is 0.270 e. The number of hydrogen-bond donors (Lipinski definition) is 1. The van der Waals surface area contributed by atoms with Gasteiger partial charge in [-0.3, -0.25) is 4.79 Å². The molecule has 2 unspecified atom stereocenters. The Bertz CT molecular complexity index is 472. The number of hydrogen-bond acceptors (Lipinski definition) is 2. The van der Waals surface area contributed by atoms with Gasteiger partial charge in [0.1, 0.15) is 5.69 Å². The molecule has 0 aromatic carbocycles. The smallest absolute Gasteiger partial charge is 0.270 e. The fourth-order valence-electron chi connectivity index (χ4n) is 2.95. The van der Waals surface area contributed by atoms with Crippen LogP contribution >= 0.6 is 15.9 Å². The molecule has 1 saturated carbocycles. The summed E-state index contributed by atoms with van der Waals surface area (Å²) in [6.07, 6.45) is 6.35. The Balaban J connectivity index is 2.17. The minimum Gasteiger partial charge on any atom is -0.391 e. The molecule has 4 nitrogen and oxygen atoms in total. The molecule has 0 bridgehead atoms. The highest BCUT2D eigenvalue weighted by Gasteiger charge is 2.30. The van der Waals surface area contributed by atoms with E-state index < -0.39 is 6.10 Å². The van der Waals surface area contributed by atoms with Crippen molar-refractivity contribution in [3.05, 3.63) is 22.4 Å². The number of carbonyl (C=O) groups is 1. The first kappa shape index (κ1) is 15.6. The molecule has 0 saturated heterocycles. The minimum absolute atomic E-state index is 0.00454. The molecule has 0 radical (unpaired) electrons. The van der Waals surface area contributed by atoms with Crippen LogP contribution in [-0.2, 0) is 6.54 Å². The van der Waals surface area contributed by atoms with Gasteiger partial charge in [0.15, 0.2) is 0 Å². The van der Waals surface area contributed by atoms with Crippen molar-refractivity contribution in [2.75, 3.05) is 7.05 Å². The summed E-state index contributed by atoms with van der Waals surface area (Å²) < 4.78 is 2.91. The van der Waals surface area contributed by atoms with Crippen LogP contribution in [0.3, 0.4) is 0 Å². The van der Waals surface area contributed by atoms with Crippen LogP contribution in [-0.4, -0.2) is 39.7 Å². The number of rotatable bonds is 4. The number of aromatic nitrogens is 1. The molecule has 0 aliphatic heterocycles. The zero-order valence-corrected chi connectivity index (χ0v) is 13.8. The standard InChI is InChI=1S/C15H23BrN2O2/c1-3-8-18-10-11(16)9-13(18)15(20)17(2)12-6-4-5-7-14(12)19/h9-10,12,14,19H,3-8H2,1-2H3. The van der Waals surface area contributed by atoms with Gasteiger partial charge in [-0.2, -0.15) is 0 Å².